The van der Waals surface area contributed by atoms with E-state index in [0.717, 1.165) is 16.8 Å². The molecule has 0 atom stereocenters. The summed E-state index contributed by atoms with van der Waals surface area (Å²) in [5.41, 5.74) is 1.80. The quantitative estimate of drug-likeness (QED) is 0.768. The Bertz CT molecular complexity index is 515. The van der Waals surface area contributed by atoms with Crippen LogP contribution in [0.2, 0.25) is 0 Å². The van der Waals surface area contributed by atoms with Gasteiger partial charge in [0.1, 0.15) is 20.2 Å². The van der Waals surface area contributed by atoms with Crippen molar-refractivity contribution in [1.82, 2.24) is 0 Å². The van der Waals surface area contributed by atoms with Crippen LogP contribution < -0.4 is 5.46 Å². The fourth-order valence-electron chi connectivity index (χ4n) is 1.54. The molecule has 1 nitrogen and oxygen atoms in total. The molecule has 1 aromatic carbocycles. The average molecular weight is 277 g/mol. The number of hydrogen-bond donors (Lipinski definition) is 0. The predicted octanol–water partition coefficient (Wildman–Crippen LogP) is 3.53. The van der Waals surface area contributed by atoms with E-state index in [9.17, 15) is 0 Å². The molecule has 0 saturated heterocycles. The highest BCUT2D eigenvalue weighted by atomic mass is 35.5. The minimum Gasteiger partial charge on any atom is -0.493 e. The summed E-state index contributed by atoms with van der Waals surface area (Å²) in [6.07, 6.45) is 5.89. The summed E-state index contributed by atoms with van der Waals surface area (Å²) < 4.78 is 5.70. The summed E-state index contributed by atoms with van der Waals surface area (Å²) in [7, 11) is 5.62. The van der Waals surface area contributed by atoms with E-state index < -0.39 is 0 Å². The van der Waals surface area contributed by atoms with Crippen LogP contribution in [0.3, 0.4) is 0 Å². The third-order valence-corrected chi connectivity index (χ3v) is 2.95. The van der Waals surface area contributed by atoms with Gasteiger partial charge in [0, 0.05) is 16.5 Å². The van der Waals surface area contributed by atoms with Crippen molar-refractivity contribution in [2.24, 2.45) is 0 Å². The second kappa shape index (κ2) is 6.17. The Morgan fingerprint density at radius 2 is 1.83 bits per heavy atom. The Kier molecular flexibility index (Phi) is 4.57. The molecule has 0 bridgehead atoms. The van der Waals surface area contributed by atoms with Crippen LogP contribution in [-0.2, 0) is 11.3 Å². The van der Waals surface area contributed by atoms with Gasteiger partial charge in [0.15, 0.2) is 0 Å². The number of hydrogen-bond acceptors (Lipinski definition) is 1. The Balaban J connectivity index is 1.98. The van der Waals surface area contributed by atoms with Crippen molar-refractivity contribution in [2.75, 3.05) is 0 Å². The predicted molar refractivity (Wildman–Crippen MR) is 77.2 cm³/mol. The van der Waals surface area contributed by atoms with Gasteiger partial charge in [-0.25, -0.2) is 0 Å². The minimum atomic E-state index is 0.488. The largest absolute Gasteiger partial charge is 0.493 e. The molecule has 0 saturated carbocycles. The van der Waals surface area contributed by atoms with Crippen LogP contribution in [0.15, 0.2) is 58.3 Å². The molecule has 4 heteroatoms. The fraction of sp³-hybridized carbons (Fsp3) is 0.143. The maximum absolute atomic E-state index is 6.01. The monoisotopic (exact) mass is 276 g/mol. The summed E-state index contributed by atoms with van der Waals surface area (Å²) in [5, 5.41) is 1.27. The highest BCUT2D eigenvalue weighted by molar-refractivity contribution is 6.34. The molecule has 0 spiro atoms. The zero-order chi connectivity index (χ0) is 13.0. The van der Waals surface area contributed by atoms with Gasteiger partial charge in [0.25, 0.3) is 0 Å². The van der Waals surface area contributed by atoms with Crippen molar-refractivity contribution in [3.8, 4) is 0 Å². The zero-order valence-corrected chi connectivity index (χ0v) is 11.2. The zero-order valence-electron chi connectivity index (χ0n) is 9.70. The summed E-state index contributed by atoms with van der Waals surface area (Å²) in [5.74, 6) is 0.795. The molecule has 2 radical (unpaired) electrons. The lowest BCUT2D eigenvalue weighted by atomic mass is 9.95. The third-order valence-electron chi connectivity index (χ3n) is 2.47. The molecule has 0 fully saturated rings. The SMILES string of the molecule is [B]c1ccc(COC2=CC=C(Cl)C=C(Cl)C2)cc1. The molecule has 1 aliphatic rings. The molecule has 0 N–H and O–H groups in total. The first-order chi connectivity index (χ1) is 8.63. The fourth-order valence-corrected chi connectivity index (χ4v) is 2.04. The van der Waals surface area contributed by atoms with Gasteiger partial charge in [-0.15, -0.1) is 0 Å². The molecule has 90 valence electrons. The van der Waals surface area contributed by atoms with Crippen molar-refractivity contribution < 1.29 is 4.74 Å². The van der Waals surface area contributed by atoms with E-state index in [0.29, 0.717) is 23.1 Å². The van der Waals surface area contributed by atoms with Crippen LogP contribution in [0.25, 0.3) is 0 Å². The average Bonchev–Trinajstić information content (AvgIpc) is 2.49. The molecule has 0 unspecified atom stereocenters. The first-order valence-corrected chi connectivity index (χ1v) is 6.29. The van der Waals surface area contributed by atoms with E-state index in [4.69, 9.17) is 35.8 Å². The van der Waals surface area contributed by atoms with E-state index >= 15 is 0 Å². The number of halogens is 2. The number of benzene rings is 1. The topological polar surface area (TPSA) is 9.23 Å². The lowest BCUT2D eigenvalue weighted by Crippen LogP contribution is -2.01. The van der Waals surface area contributed by atoms with Gasteiger partial charge >= 0.3 is 0 Å². The van der Waals surface area contributed by atoms with Crippen molar-refractivity contribution >= 4 is 36.5 Å². The molecular weight excluding hydrogens is 266 g/mol. The van der Waals surface area contributed by atoms with E-state index in [2.05, 4.69) is 0 Å². The summed E-state index contributed by atoms with van der Waals surface area (Å²) >= 11 is 11.9. The first kappa shape index (κ1) is 13.3. The Labute approximate surface area is 118 Å². The van der Waals surface area contributed by atoms with Gasteiger partial charge in [-0.05, 0) is 23.8 Å². The molecule has 1 aliphatic carbocycles. The summed E-state index contributed by atoms with van der Waals surface area (Å²) in [6, 6.07) is 7.58. The van der Waals surface area contributed by atoms with Crippen molar-refractivity contribution in [3.05, 3.63) is 63.9 Å². The van der Waals surface area contributed by atoms with Crippen LogP contribution >= 0.6 is 23.2 Å². The maximum atomic E-state index is 6.01. The van der Waals surface area contributed by atoms with E-state index in [1.165, 1.54) is 0 Å². The number of allylic oxidation sites excluding steroid dienone is 5. The van der Waals surface area contributed by atoms with Crippen LogP contribution in [0, 0.1) is 0 Å². The number of ether oxygens (including phenoxy) is 1. The Morgan fingerprint density at radius 1 is 1.11 bits per heavy atom. The molecule has 2 rings (SSSR count). The van der Waals surface area contributed by atoms with E-state index in [-0.39, 0.29) is 0 Å². The Morgan fingerprint density at radius 3 is 2.56 bits per heavy atom. The van der Waals surface area contributed by atoms with Gasteiger partial charge < -0.3 is 4.74 Å². The third kappa shape index (κ3) is 3.97. The normalized spacial score (nSPS) is 15.3. The molecule has 0 aliphatic heterocycles. The van der Waals surface area contributed by atoms with E-state index in [1.54, 1.807) is 12.2 Å². The summed E-state index contributed by atoms with van der Waals surface area (Å²) in [4.78, 5) is 0. The van der Waals surface area contributed by atoms with Gasteiger partial charge in [0.2, 0.25) is 0 Å². The van der Waals surface area contributed by atoms with Crippen LogP contribution in [-0.4, -0.2) is 7.85 Å². The molecule has 18 heavy (non-hydrogen) atoms. The maximum Gasteiger partial charge on any atom is 0.113 e. The van der Waals surface area contributed by atoms with E-state index in [1.807, 2.05) is 30.3 Å². The smallest absolute Gasteiger partial charge is 0.113 e. The van der Waals surface area contributed by atoms with Gasteiger partial charge in [-0.1, -0.05) is 52.9 Å². The Hall–Kier alpha value is -1.12. The van der Waals surface area contributed by atoms with Gasteiger partial charge in [-0.2, -0.15) is 0 Å². The number of rotatable bonds is 3. The first-order valence-electron chi connectivity index (χ1n) is 5.53. The molecule has 0 amide bonds. The van der Waals surface area contributed by atoms with Crippen molar-refractivity contribution in [1.29, 1.82) is 0 Å². The van der Waals surface area contributed by atoms with Crippen molar-refractivity contribution in [2.45, 2.75) is 13.0 Å². The van der Waals surface area contributed by atoms with Crippen LogP contribution in [0.4, 0.5) is 0 Å². The molecule has 0 aromatic heterocycles. The molecule has 1 aromatic rings. The summed E-state index contributed by atoms with van der Waals surface area (Å²) in [6.45, 7) is 0.488. The minimum absolute atomic E-state index is 0.488. The van der Waals surface area contributed by atoms with Crippen molar-refractivity contribution in [3.63, 3.8) is 0 Å². The highest BCUT2D eigenvalue weighted by Gasteiger charge is 2.06. The lowest BCUT2D eigenvalue weighted by molar-refractivity contribution is 0.194. The van der Waals surface area contributed by atoms with Gasteiger partial charge in [0.05, 0.1) is 0 Å². The van der Waals surface area contributed by atoms with Crippen LogP contribution in [0.5, 0.6) is 0 Å². The second-order valence-electron chi connectivity index (χ2n) is 3.98. The molecule has 0 heterocycles. The lowest BCUT2D eigenvalue weighted by Gasteiger charge is -2.09. The van der Waals surface area contributed by atoms with Gasteiger partial charge in [-0.3, -0.25) is 0 Å². The van der Waals surface area contributed by atoms with Crippen LogP contribution in [0.1, 0.15) is 12.0 Å². The second-order valence-corrected chi connectivity index (χ2v) is 4.90. The molecular formula is C14H11BCl2O. The highest BCUT2D eigenvalue weighted by Crippen LogP contribution is 2.24. The standard InChI is InChI=1S/C14H11BCl2O/c15-11-3-1-10(2-4-11)9-18-14-6-5-12(16)7-13(17)8-14/h1-7H,8-9H2.